The first-order valence-electron chi connectivity index (χ1n) is 5.95. The summed E-state index contributed by atoms with van der Waals surface area (Å²) in [4.78, 5) is 0. The lowest BCUT2D eigenvalue weighted by molar-refractivity contribution is 0.415. The minimum Gasteiger partial charge on any atom is -0.497 e. The predicted molar refractivity (Wildman–Crippen MR) is 79.1 cm³/mol. The lowest BCUT2D eigenvalue weighted by atomic mass is 10.1. The summed E-state index contributed by atoms with van der Waals surface area (Å²) >= 11 is 3.25. The van der Waals surface area contributed by atoms with Gasteiger partial charge in [0.25, 0.3) is 0 Å². The highest BCUT2D eigenvalue weighted by Gasteiger charge is 2.11. The summed E-state index contributed by atoms with van der Waals surface area (Å²) in [6.07, 6.45) is 0. The van der Waals surface area contributed by atoms with Crippen LogP contribution in [-0.2, 0) is 0 Å². The molecule has 0 aromatic heterocycles. The summed E-state index contributed by atoms with van der Waals surface area (Å²) in [5.41, 5.74) is 1.56. The van der Waals surface area contributed by atoms with Crippen molar-refractivity contribution in [3.8, 4) is 5.75 Å². The zero-order chi connectivity index (χ0) is 13.8. The van der Waals surface area contributed by atoms with Crippen LogP contribution in [0.3, 0.4) is 0 Å². The molecule has 1 unspecified atom stereocenters. The van der Waals surface area contributed by atoms with E-state index in [4.69, 9.17) is 4.74 Å². The molecule has 0 radical (unpaired) electrons. The SMILES string of the molecule is COc1ccc(NC(C)c2ccc(Br)cc2F)cc1. The normalized spacial score (nSPS) is 12.0. The Morgan fingerprint density at radius 1 is 1.16 bits per heavy atom. The molecule has 0 spiro atoms. The van der Waals surface area contributed by atoms with Gasteiger partial charge >= 0.3 is 0 Å². The van der Waals surface area contributed by atoms with E-state index in [9.17, 15) is 4.39 Å². The van der Waals surface area contributed by atoms with Crippen molar-refractivity contribution >= 4 is 21.6 Å². The van der Waals surface area contributed by atoms with Crippen LogP contribution >= 0.6 is 15.9 Å². The molecule has 0 aliphatic heterocycles. The van der Waals surface area contributed by atoms with Gasteiger partial charge in [-0.15, -0.1) is 0 Å². The van der Waals surface area contributed by atoms with Gasteiger partial charge in [0.2, 0.25) is 0 Å². The molecule has 0 aliphatic carbocycles. The maximum absolute atomic E-state index is 13.8. The summed E-state index contributed by atoms with van der Waals surface area (Å²) in [7, 11) is 1.63. The van der Waals surface area contributed by atoms with Crippen LogP contribution in [0, 0.1) is 5.82 Å². The highest BCUT2D eigenvalue weighted by molar-refractivity contribution is 9.10. The van der Waals surface area contributed by atoms with Crippen molar-refractivity contribution in [3.05, 3.63) is 58.3 Å². The van der Waals surface area contributed by atoms with Crippen molar-refractivity contribution in [2.24, 2.45) is 0 Å². The fraction of sp³-hybridized carbons (Fsp3) is 0.200. The number of nitrogens with one attached hydrogen (secondary N) is 1. The Bertz CT molecular complexity index is 557. The molecule has 2 aromatic carbocycles. The molecule has 2 nitrogen and oxygen atoms in total. The summed E-state index contributed by atoms with van der Waals surface area (Å²) in [6.45, 7) is 1.93. The van der Waals surface area contributed by atoms with Crippen LogP contribution < -0.4 is 10.1 Å². The van der Waals surface area contributed by atoms with Crippen molar-refractivity contribution in [1.82, 2.24) is 0 Å². The Morgan fingerprint density at radius 3 is 2.42 bits per heavy atom. The fourth-order valence-corrected chi connectivity index (χ4v) is 2.20. The average molecular weight is 324 g/mol. The van der Waals surface area contributed by atoms with Crippen LogP contribution in [0.4, 0.5) is 10.1 Å². The lowest BCUT2D eigenvalue weighted by Crippen LogP contribution is -2.08. The van der Waals surface area contributed by atoms with Crippen molar-refractivity contribution in [2.75, 3.05) is 12.4 Å². The molecule has 1 atom stereocenters. The molecule has 0 heterocycles. The number of ether oxygens (including phenoxy) is 1. The van der Waals surface area contributed by atoms with E-state index in [1.807, 2.05) is 37.3 Å². The van der Waals surface area contributed by atoms with Gasteiger partial charge in [0.15, 0.2) is 0 Å². The standard InChI is InChI=1S/C15H15BrFNO/c1-10(14-8-3-11(16)9-15(14)17)18-12-4-6-13(19-2)7-5-12/h3-10,18H,1-2H3. The van der Waals surface area contributed by atoms with Crippen LogP contribution in [-0.4, -0.2) is 7.11 Å². The zero-order valence-corrected chi connectivity index (χ0v) is 12.4. The molecule has 0 amide bonds. The Hall–Kier alpha value is -1.55. The van der Waals surface area contributed by atoms with E-state index in [1.165, 1.54) is 6.07 Å². The van der Waals surface area contributed by atoms with Crippen molar-refractivity contribution < 1.29 is 9.13 Å². The van der Waals surface area contributed by atoms with E-state index >= 15 is 0 Å². The Kier molecular flexibility index (Phi) is 4.43. The number of hydrogen-bond acceptors (Lipinski definition) is 2. The van der Waals surface area contributed by atoms with Crippen molar-refractivity contribution in [1.29, 1.82) is 0 Å². The molecule has 0 saturated heterocycles. The Balaban J connectivity index is 2.13. The second kappa shape index (κ2) is 6.06. The van der Waals surface area contributed by atoms with Crippen LogP contribution in [0.2, 0.25) is 0 Å². The van der Waals surface area contributed by atoms with E-state index < -0.39 is 0 Å². The number of anilines is 1. The van der Waals surface area contributed by atoms with Crippen LogP contribution in [0.25, 0.3) is 0 Å². The molecule has 2 aromatic rings. The van der Waals surface area contributed by atoms with E-state index in [2.05, 4.69) is 21.2 Å². The lowest BCUT2D eigenvalue weighted by Gasteiger charge is -2.16. The van der Waals surface area contributed by atoms with Crippen molar-refractivity contribution in [3.63, 3.8) is 0 Å². The predicted octanol–water partition coefficient (Wildman–Crippen LogP) is 4.77. The van der Waals surface area contributed by atoms with E-state index in [0.717, 1.165) is 15.9 Å². The highest BCUT2D eigenvalue weighted by atomic mass is 79.9. The molecular weight excluding hydrogens is 309 g/mol. The van der Waals surface area contributed by atoms with Gasteiger partial charge < -0.3 is 10.1 Å². The van der Waals surface area contributed by atoms with E-state index in [1.54, 1.807) is 13.2 Å². The monoisotopic (exact) mass is 323 g/mol. The summed E-state index contributed by atoms with van der Waals surface area (Å²) in [5.74, 6) is 0.580. The topological polar surface area (TPSA) is 21.3 Å². The number of methoxy groups -OCH3 is 1. The highest BCUT2D eigenvalue weighted by Crippen LogP contribution is 2.25. The summed E-state index contributed by atoms with van der Waals surface area (Å²) in [5, 5.41) is 3.26. The second-order valence-electron chi connectivity index (χ2n) is 4.26. The number of benzene rings is 2. The first kappa shape index (κ1) is 13.9. The van der Waals surface area contributed by atoms with E-state index in [-0.39, 0.29) is 11.9 Å². The minimum atomic E-state index is -0.220. The van der Waals surface area contributed by atoms with Gasteiger partial charge in [0, 0.05) is 15.7 Å². The zero-order valence-electron chi connectivity index (χ0n) is 10.8. The molecule has 0 fully saturated rings. The second-order valence-corrected chi connectivity index (χ2v) is 5.18. The molecule has 4 heteroatoms. The first-order valence-corrected chi connectivity index (χ1v) is 6.75. The summed E-state index contributed by atoms with van der Waals surface area (Å²) in [6, 6.07) is 12.5. The average Bonchev–Trinajstić information content (AvgIpc) is 2.39. The molecule has 0 bridgehead atoms. The van der Waals surface area contributed by atoms with E-state index in [0.29, 0.717) is 5.56 Å². The summed E-state index contributed by atoms with van der Waals surface area (Å²) < 4.78 is 19.7. The van der Waals surface area contributed by atoms with Crippen molar-refractivity contribution in [2.45, 2.75) is 13.0 Å². The minimum absolute atomic E-state index is 0.110. The molecule has 2 rings (SSSR count). The molecular formula is C15H15BrFNO. The smallest absolute Gasteiger partial charge is 0.129 e. The molecule has 0 aliphatic rings. The maximum Gasteiger partial charge on any atom is 0.129 e. The fourth-order valence-electron chi connectivity index (χ4n) is 1.87. The molecule has 1 N–H and O–H groups in total. The number of rotatable bonds is 4. The first-order chi connectivity index (χ1) is 9.10. The third-order valence-corrected chi connectivity index (χ3v) is 3.40. The van der Waals surface area contributed by atoms with Gasteiger partial charge in [-0.3, -0.25) is 0 Å². The van der Waals surface area contributed by atoms with Gasteiger partial charge in [-0.2, -0.15) is 0 Å². The number of hydrogen-bond donors (Lipinski definition) is 1. The van der Waals surface area contributed by atoms with Gasteiger partial charge in [-0.25, -0.2) is 4.39 Å². The maximum atomic E-state index is 13.8. The number of halogens is 2. The molecule has 100 valence electrons. The van der Waals surface area contributed by atoms with Gasteiger partial charge in [-0.05, 0) is 43.3 Å². The molecule has 0 saturated carbocycles. The van der Waals surface area contributed by atoms with Gasteiger partial charge in [0.05, 0.1) is 13.2 Å². The third kappa shape index (κ3) is 3.47. The van der Waals surface area contributed by atoms with Crippen LogP contribution in [0.1, 0.15) is 18.5 Å². The molecule has 19 heavy (non-hydrogen) atoms. The quantitative estimate of drug-likeness (QED) is 0.875. The van der Waals surface area contributed by atoms with Gasteiger partial charge in [-0.1, -0.05) is 22.0 Å². The Morgan fingerprint density at radius 2 is 1.84 bits per heavy atom. The third-order valence-electron chi connectivity index (χ3n) is 2.90. The Labute approximate surface area is 120 Å². The van der Waals surface area contributed by atoms with Crippen LogP contribution in [0.5, 0.6) is 5.75 Å². The largest absolute Gasteiger partial charge is 0.497 e. The van der Waals surface area contributed by atoms with Gasteiger partial charge in [0.1, 0.15) is 11.6 Å². The van der Waals surface area contributed by atoms with Crippen LogP contribution in [0.15, 0.2) is 46.9 Å².